The second-order valence-electron chi connectivity index (χ2n) is 9.53. The molecule has 1 N–H and O–H groups in total. The van der Waals surface area contributed by atoms with E-state index in [0.717, 1.165) is 0 Å². The van der Waals surface area contributed by atoms with Crippen LogP contribution in [-0.2, 0) is 6.54 Å². The maximum Gasteiger partial charge on any atom is 0.259 e. The zero-order valence-electron chi connectivity index (χ0n) is 21.2. The van der Waals surface area contributed by atoms with E-state index in [9.17, 15) is 14.3 Å². The zero-order chi connectivity index (χ0) is 25.5. The number of hydrogen-bond acceptors (Lipinski definition) is 6. The van der Waals surface area contributed by atoms with E-state index >= 15 is 0 Å². The molecule has 0 spiro atoms. The van der Waals surface area contributed by atoms with Gasteiger partial charge in [-0.1, -0.05) is 37.0 Å². The van der Waals surface area contributed by atoms with Crippen LogP contribution in [0.5, 0.6) is 5.88 Å². The van der Waals surface area contributed by atoms with E-state index in [1.165, 1.54) is 6.07 Å². The highest BCUT2D eigenvalue weighted by Crippen LogP contribution is 2.27. The Balaban J connectivity index is 1.90. The Kier molecular flexibility index (Phi) is 9.21. The molecule has 35 heavy (non-hydrogen) atoms. The van der Waals surface area contributed by atoms with Gasteiger partial charge < -0.3 is 14.7 Å². The Morgan fingerprint density at radius 2 is 2.06 bits per heavy atom. The Morgan fingerprint density at radius 3 is 2.74 bits per heavy atom. The number of rotatable bonds is 7. The van der Waals surface area contributed by atoms with Crippen molar-refractivity contribution >= 4 is 5.91 Å². The second-order valence-corrected chi connectivity index (χ2v) is 9.53. The predicted molar refractivity (Wildman–Crippen MR) is 134 cm³/mol. The molecule has 188 valence electrons. The molecule has 0 bridgehead atoms. The zero-order valence-corrected chi connectivity index (χ0v) is 21.2. The number of carbonyl (C=O) groups excluding carboxylic acids is 1. The van der Waals surface area contributed by atoms with Gasteiger partial charge in [0.2, 0.25) is 5.88 Å². The molecule has 0 saturated carbocycles. The number of likely N-dealkylation sites (N-methyl/N-ethyl adjacent to an activating group) is 1. The van der Waals surface area contributed by atoms with Crippen LogP contribution < -0.4 is 4.74 Å². The largest absolute Gasteiger partial charge is 0.472 e. The van der Waals surface area contributed by atoms with Crippen molar-refractivity contribution in [2.75, 3.05) is 47.4 Å². The fourth-order valence-electron chi connectivity index (χ4n) is 3.98. The van der Waals surface area contributed by atoms with E-state index in [1.807, 2.05) is 50.9 Å². The summed E-state index contributed by atoms with van der Waals surface area (Å²) in [5.74, 6) is 5.83. The standard InChI is InChI=1S/C27H35FN4O3/c1-19-15-32(20(2)18-33)27(34)23-13-21(9-8-12-30(3)4)14-29-26(23)35-25(19)17-31(5)16-22-10-6-7-11-24(22)28/h6-7,10-11,13-14,19-20,25,33H,12,15-18H2,1-5H3/t19-,20+,25-/m1/s1. The van der Waals surface area contributed by atoms with Gasteiger partial charge in [0.05, 0.1) is 19.2 Å². The van der Waals surface area contributed by atoms with Crippen molar-refractivity contribution in [1.82, 2.24) is 19.7 Å². The van der Waals surface area contributed by atoms with E-state index in [0.29, 0.717) is 42.9 Å². The maximum atomic E-state index is 14.2. The number of fused-ring (bicyclic) bond motifs is 1. The van der Waals surface area contributed by atoms with Gasteiger partial charge in [0, 0.05) is 42.9 Å². The minimum absolute atomic E-state index is 0.0504. The third kappa shape index (κ3) is 7.01. The SMILES string of the molecule is C[C@@H]1CN([C@@H](C)CO)C(=O)c2cc(C#CCN(C)C)cnc2O[C@@H]1CN(C)Cc1ccccc1F. The van der Waals surface area contributed by atoms with Crippen molar-refractivity contribution in [2.24, 2.45) is 5.92 Å². The minimum atomic E-state index is -0.365. The molecule has 1 aromatic heterocycles. The molecule has 2 heterocycles. The molecular formula is C27H35FN4O3. The number of benzene rings is 1. The lowest BCUT2D eigenvalue weighted by molar-refractivity contribution is 0.0324. The van der Waals surface area contributed by atoms with Crippen molar-refractivity contribution in [3.63, 3.8) is 0 Å². The number of nitrogens with zero attached hydrogens (tertiary/aromatic N) is 4. The Labute approximate surface area is 207 Å². The average Bonchev–Trinajstić information content (AvgIpc) is 2.82. The molecule has 0 saturated heterocycles. The molecule has 2 aromatic rings. The van der Waals surface area contributed by atoms with E-state index in [1.54, 1.807) is 29.3 Å². The van der Waals surface area contributed by atoms with E-state index in [2.05, 4.69) is 16.8 Å². The highest BCUT2D eigenvalue weighted by Gasteiger charge is 2.34. The number of ether oxygens (including phenoxy) is 1. The highest BCUT2D eigenvalue weighted by atomic mass is 19.1. The van der Waals surface area contributed by atoms with E-state index in [4.69, 9.17) is 4.74 Å². The number of aliphatic hydroxyl groups excluding tert-OH is 1. The van der Waals surface area contributed by atoms with Crippen LogP contribution in [0.25, 0.3) is 0 Å². The monoisotopic (exact) mass is 482 g/mol. The number of aromatic nitrogens is 1. The van der Waals surface area contributed by atoms with Crippen LogP contribution in [-0.4, -0.2) is 90.2 Å². The molecule has 0 unspecified atom stereocenters. The van der Waals surface area contributed by atoms with Crippen LogP contribution in [0.1, 0.15) is 35.3 Å². The lowest BCUT2D eigenvalue weighted by Gasteiger charge is -2.37. The third-order valence-corrected chi connectivity index (χ3v) is 6.04. The van der Waals surface area contributed by atoms with Gasteiger partial charge in [-0.15, -0.1) is 0 Å². The van der Waals surface area contributed by atoms with Crippen molar-refractivity contribution < 1.29 is 19.0 Å². The summed E-state index contributed by atoms with van der Waals surface area (Å²) in [7, 11) is 5.78. The van der Waals surface area contributed by atoms with Gasteiger partial charge in [0.15, 0.2) is 0 Å². The predicted octanol–water partition coefficient (Wildman–Crippen LogP) is 2.49. The fraction of sp³-hybridized carbons (Fsp3) is 0.481. The van der Waals surface area contributed by atoms with Crippen LogP contribution in [0.3, 0.4) is 0 Å². The fourth-order valence-corrected chi connectivity index (χ4v) is 3.98. The lowest BCUT2D eigenvalue weighted by atomic mass is 9.99. The van der Waals surface area contributed by atoms with Crippen LogP contribution in [0, 0.1) is 23.6 Å². The molecular weight excluding hydrogens is 447 g/mol. The normalized spacial score (nSPS) is 18.9. The average molecular weight is 483 g/mol. The molecule has 7 nitrogen and oxygen atoms in total. The van der Waals surface area contributed by atoms with Crippen LogP contribution in [0.2, 0.25) is 0 Å². The van der Waals surface area contributed by atoms with Gasteiger partial charge >= 0.3 is 0 Å². The summed E-state index contributed by atoms with van der Waals surface area (Å²) in [6.07, 6.45) is 1.31. The molecule has 0 aliphatic carbocycles. The first-order chi connectivity index (χ1) is 16.7. The van der Waals surface area contributed by atoms with Crippen LogP contribution >= 0.6 is 0 Å². The van der Waals surface area contributed by atoms with Gasteiger partial charge in [0.1, 0.15) is 17.5 Å². The topological polar surface area (TPSA) is 69.1 Å². The van der Waals surface area contributed by atoms with E-state index < -0.39 is 0 Å². The maximum absolute atomic E-state index is 14.2. The molecule has 3 rings (SSSR count). The number of halogens is 1. The molecule has 3 atom stereocenters. The van der Waals surface area contributed by atoms with Gasteiger partial charge in [-0.05, 0) is 40.2 Å². The Bertz CT molecular complexity index is 1080. The van der Waals surface area contributed by atoms with Gasteiger partial charge in [-0.2, -0.15) is 0 Å². The van der Waals surface area contributed by atoms with E-state index in [-0.39, 0.29) is 42.3 Å². The summed E-state index contributed by atoms with van der Waals surface area (Å²) in [6.45, 7) is 5.62. The molecule has 1 aromatic carbocycles. The van der Waals surface area contributed by atoms with Gasteiger partial charge in [0.25, 0.3) is 5.91 Å². The van der Waals surface area contributed by atoms with Gasteiger partial charge in [-0.25, -0.2) is 9.37 Å². The Morgan fingerprint density at radius 1 is 1.31 bits per heavy atom. The summed E-state index contributed by atoms with van der Waals surface area (Å²) < 4.78 is 20.5. The summed E-state index contributed by atoms with van der Waals surface area (Å²) in [6, 6.07) is 8.07. The number of amides is 1. The first-order valence-corrected chi connectivity index (χ1v) is 11.8. The Hall–Kier alpha value is -2.99. The third-order valence-electron chi connectivity index (χ3n) is 6.04. The molecule has 1 amide bonds. The minimum Gasteiger partial charge on any atom is -0.472 e. The highest BCUT2D eigenvalue weighted by molar-refractivity contribution is 5.97. The molecule has 1 aliphatic rings. The summed E-state index contributed by atoms with van der Waals surface area (Å²) in [4.78, 5) is 23.5. The van der Waals surface area contributed by atoms with Crippen molar-refractivity contribution in [3.8, 4) is 17.7 Å². The summed E-state index contributed by atoms with van der Waals surface area (Å²) >= 11 is 0. The van der Waals surface area contributed by atoms with Crippen LogP contribution in [0.4, 0.5) is 4.39 Å². The van der Waals surface area contributed by atoms with Crippen molar-refractivity contribution in [2.45, 2.75) is 32.5 Å². The van der Waals surface area contributed by atoms with Crippen molar-refractivity contribution in [1.29, 1.82) is 0 Å². The van der Waals surface area contributed by atoms with Gasteiger partial charge in [-0.3, -0.25) is 14.6 Å². The molecule has 8 heteroatoms. The number of pyridine rings is 1. The smallest absolute Gasteiger partial charge is 0.259 e. The lowest BCUT2D eigenvalue weighted by Crippen LogP contribution is -2.49. The molecule has 0 fully saturated rings. The summed E-state index contributed by atoms with van der Waals surface area (Å²) in [5.41, 5.74) is 1.57. The van der Waals surface area contributed by atoms with Crippen LogP contribution in [0.15, 0.2) is 36.5 Å². The molecule has 0 radical (unpaired) electrons. The number of aliphatic hydroxyl groups is 1. The first-order valence-electron chi connectivity index (χ1n) is 11.8. The van der Waals surface area contributed by atoms with Crippen molar-refractivity contribution in [3.05, 3.63) is 59.0 Å². The molecule has 1 aliphatic heterocycles. The second kappa shape index (κ2) is 12.1. The summed E-state index contributed by atoms with van der Waals surface area (Å²) in [5, 5.41) is 9.81. The quantitative estimate of drug-likeness (QED) is 0.612. The number of hydrogen-bond donors (Lipinski definition) is 1. The number of carbonyl (C=O) groups is 1. The first kappa shape index (κ1) is 26.6.